The summed E-state index contributed by atoms with van der Waals surface area (Å²) in [4.78, 5) is 39.6. The molecule has 2 aliphatic heterocycles. The molecule has 2 aliphatic rings. The number of carbonyl (C=O) groups excluding carboxylic acids is 3. The Balaban J connectivity index is 1.62. The van der Waals surface area contributed by atoms with Crippen LogP contribution in [-0.2, 0) is 4.79 Å². The van der Waals surface area contributed by atoms with E-state index < -0.39 is 6.04 Å². The molecule has 2 N–H and O–H groups in total. The maximum absolute atomic E-state index is 12.9. The molecule has 0 spiro atoms. The van der Waals surface area contributed by atoms with Crippen LogP contribution >= 0.6 is 0 Å². The highest BCUT2D eigenvalue weighted by Crippen LogP contribution is 2.31. The number of nitrogens with one attached hydrogen (secondary N) is 2. The summed E-state index contributed by atoms with van der Waals surface area (Å²) in [5.74, 6) is 0.241. The van der Waals surface area contributed by atoms with Crippen molar-refractivity contribution in [2.75, 3.05) is 31.4 Å². The van der Waals surface area contributed by atoms with Crippen molar-refractivity contribution < 1.29 is 23.9 Å². The molecule has 8 nitrogen and oxygen atoms in total. The maximum atomic E-state index is 12.9. The van der Waals surface area contributed by atoms with Gasteiger partial charge < -0.3 is 25.0 Å². The Morgan fingerprint density at radius 1 is 1.10 bits per heavy atom. The molecule has 0 bridgehead atoms. The van der Waals surface area contributed by atoms with Gasteiger partial charge in [-0.2, -0.15) is 0 Å². The van der Waals surface area contributed by atoms with Crippen molar-refractivity contribution >= 4 is 29.1 Å². The molecule has 1 atom stereocenters. The number of methoxy groups -OCH3 is 2. The van der Waals surface area contributed by atoms with E-state index in [1.165, 1.54) is 14.2 Å². The van der Waals surface area contributed by atoms with Crippen LogP contribution in [0.25, 0.3) is 0 Å². The largest absolute Gasteiger partial charge is 0.497 e. The quantitative estimate of drug-likeness (QED) is 0.829. The molecular weight excluding hydrogens is 374 g/mol. The third-order valence-corrected chi connectivity index (χ3v) is 5.20. The van der Waals surface area contributed by atoms with Gasteiger partial charge in [-0.3, -0.25) is 14.4 Å². The van der Waals surface area contributed by atoms with E-state index in [9.17, 15) is 14.4 Å². The van der Waals surface area contributed by atoms with Crippen LogP contribution < -0.4 is 20.1 Å². The Morgan fingerprint density at radius 2 is 1.83 bits per heavy atom. The lowest BCUT2D eigenvalue weighted by molar-refractivity contribution is -0.119. The van der Waals surface area contributed by atoms with Crippen molar-refractivity contribution in [1.82, 2.24) is 4.90 Å². The average molecular weight is 395 g/mol. The minimum absolute atomic E-state index is 0.171. The first-order valence-electron chi connectivity index (χ1n) is 9.30. The van der Waals surface area contributed by atoms with Crippen LogP contribution in [0.5, 0.6) is 11.5 Å². The fourth-order valence-electron chi connectivity index (χ4n) is 3.70. The number of hydrogen-bond acceptors (Lipinski definition) is 5. The Morgan fingerprint density at radius 3 is 2.52 bits per heavy atom. The van der Waals surface area contributed by atoms with E-state index in [1.54, 1.807) is 41.3 Å². The molecule has 1 saturated heterocycles. The first-order chi connectivity index (χ1) is 14.0. The van der Waals surface area contributed by atoms with Gasteiger partial charge in [0, 0.05) is 23.9 Å². The lowest BCUT2D eigenvalue weighted by atomic mass is 10.1. The number of fused-ring (bicyclic) bond motifs is 2. The van der Waals surface area contributed by atoms with Crippen LogP contribution in [-0.4, -0.2) is 49.4 Å². The molecule has 4 rings (SSSR count). The van der Waals surface area contributed by atoms with Crippen LogP contribution in [0, 0.1) is 0 Å². The zero-order valence-electron chi connectivity index (χ0n) is 16.2. The second-order valence-corrected chi connectivity index (χ2v) is 6.96. The molecule has 1 unspecified atom stereocenters. The molecule has 2 aromatic rings. The molecule has 2 aromatic carbocycles. The van der Waals surface area contributed by atoms with E-state index in [4.69, 9.17) is 9.47 Å². The number of anilines is 2. The average Bonchev–Trinajstić information content (AvgIpc) is 3.20. The molecule has 29 heavy (non-hydrogen) atoms. The van der Waals surface area contributed by atoms with Gasteiger partial charge in [0.2, 0.25) is 5.91 Å². The highest BCUT2D eigenvalue weighted by molar-refractivity contribution is 6.11. The fourth-order valence-corrected chi connectivity index (χ4v) is 3.70. The third kappa shape index (κ3) is 3.49. The van der Waals surface area contributed by atoms with Crippen LogP contribution in [0.1, 0.15) is 33.6 Å². The molecule has 0 aliphatic carbocycles. The summed E-state index contributed by atoms with van der Waals surface area (Å²) in [6.45, 7) is 0.552. The van der Waals surface area contributed by atoms with Crippen LogP contribution in [0.2, 0.25) is 0 Å². The monoisotopic (exact) mass is 395 g/mol. The molecule has 2 heterocycles. The predicted octanol–water partition coefficient (Wildman–Crippen LogP) is 2.51. The summed E-state index contributed by atoms with van der Waals surface area (Å²) in [5.41, 5.74) is 1.63. The van der Waals surface area contributed by atoms with Crippen LogP contribution in [0.15, 0.2) is 36.4 Å². The first-order valence-corrected chi connectivity index (χ1v) is 9.30. The number of ether oxygens (including phenoxy) is 2. The number of nitrogens with zero attached hydrogens (tertiary/aromatic N) is 1. The van der Waals surface area contributed by atoms with Crippen LogP contribution in [0.3, 0.4) is 0 Å². The van der Waals surface area contributed by atoms with Crippen molar-refractivity contribution in [2.45, 2.75) is 18.9 Å². The van der Waals surface area contributed by atoms with E-state index in [1.807, 2.05) is 0 Å². The van der Waals surface area contributed by atoms with Gasteiger partial charge in [0.05, 0.1) is 25.5 Å². The Hall–Kier alpha value is -3.55. The molecule has 0 saturated carbocycles. The lowest BCUT2D eigenvalue weighted by Crippen LogP contribution is -2.40. The third-order valence-electron chi connectivity index (χ3n) is 5.20. The number of rotatable bonds is 4. The van der Waals surface area contributed by atoms with E-state index >= 15 is 0 Å². The smallest absolute Gasteiger partial charge is 0.256 e. The second kappa shape index (κ2) is 7.46. The minimum Gasteiger partial charge on any atom is -0.497 e. The highest BCUT2D eigenvalue weighted by Gasteiger charge is 2.38. The van der Waals surface area contributed by atoms with E-state index in [0.717, 1.165) is 6.42 Å². The zero-order valence-corrected chi connectivity index (χ0v) is 16.2. The summed E-state index contributed by atoms with van der Waals surface area (Å²) in [6.07, 6.45) is 1.46. The predicted molar refractivity (Wildman–Crippen MR) is 107 cm³/mol. The molecule has 3 amide bonds. The van der Waals surface area contributed by atoms with E-state index in [0.29, 0.717) is 47.0 Å². The van der Waals surface area contributed by atoms with Crippen molar-refractivity contribution in [3.8, 4) is 11.5 Å². The Labute approximate surface area is 167 Å². The van der Waals surface area contributed by atoms with Crippen molar-refractivity contribution in [1.29, 1.82) is 0 Å². The summed E-state index contributed by atoms with van der Waals surface area (Å²) >= 11 is 0. The van der Waals surface area contributed by atoms with E-state index in [-0.39, 0.29) is 17.7 Å². The number of benzene rings is 2. The Bertz CT molecular complexity index is 982. The summed E-state index contributed by atoms with van der Waals surface area (Å²) in [6, 6.07) is 9.31. The normalized spacial score (nSPS) is 17.7. The van der Waals surface area contributed by atoms with Gasteiger partial charge in [0.1, 0.15) is 17.5 Å². The zero-order chi connectivity index (χ0) is 20.5. The van der Waals surface area contributed by atoms with Gasteiger partial charge in [-0.1, -0.05) is 0 Å². The van der Waals surface area contributed by atoms with Crippen molar-refractivity contribution in [3.05, 3.63) is 47.5 Å². The number of hydrogen-bond donors (Lipinski definition) is 2. The highest BCUT2D eigenvalue weighted by atomic mass is 16.5. The molecule has 150 valence electrons. The summed E-state index contributed by atoms with van der Waals surface area (Å²) in [7, 11) is 3.02. The van der Waals surface area contributed by atoms with Gasteiger partial charge in [-0.15, -0.1) is 0 Å². The first kappa shape index (κ1) is 18.8. The number of amides is 3. The molecule has 8 heteroatoms. The SMILES string of the molecule is COc1cc(OC)cc(C(=O)Nc2ccc3c(c2)C(=O)N2CCCC2C(=O)N3)c1. The molecule has 0 aromatic heterocycles. The van der Waals surface area contributed by atoms with Gasteiger partial charge in [-0.25, -0.2) is 0 Å². The Kier molecular flexibility index (Phi) is 4.84. The minimum atomic E-state index is -0.433. The molecule has 1 fully saturated rings. The topological polar surface area (TPSA) is 97.0 Å². The lowest BCUT2D eigenvalue weighted by Gasteiger charge is -2.20. The van der Waals surface area contributed by atoms with Crippen molar-refractivity contribution in [3.63, 3.8) is 0 Å². The fraction of sp³-hybridized carbons (Fsp3) is 0.286. The molecule has 0 radical (unpaired) electrons. The van der Waals surface area contributed by atoms with Gasteiger partial charge in [-0.05, 0) is 43.2 Å². The standard InChI is InChI=1S/C21H21N3O5/c1-28-14-8-12(9-15(11-14)29-2)19(25)22-13-5-6-17-16(10-13)21(27)24-7-3-4-18(24)20(26)23-17/h5-6,8-11,18H,3-4,7H2,1-2H3,(H,22,25)(H,23,26). The van der Waals surface area contributed by atoms with E-state index in [2.05, 4.69) is 10.6 Å². The van der Waals surface area contributed by atoms with Crippen LogP contribution in [0.4, 0.5) is 11.4 Å². The van der Waals surface area contributed by atoms with Gasteiger partial charge >= 0.3 is 0 Å². The van der Waals surface area contributed by atoms with Gasteiger partial charge in [0.25, 0.3) is 11.8 Å². The summed E-state index contributed by atoms with van der Waals surface area (Å²) in [5, 5.41) is 5.61. The molecular formula is C21H21N3O5. The summed E-state index contributed by atoms with van der Waals surface area (Å²) < 4.78 is 10.4. The second-order valence-electron chi connectivity index (χ2n) is 6.96. The van der Waals surface area contributed by atoms with Gasteiger partial charge in [0.15, 0.2) is 0 Å². The number of carbonyl (C=O) groups is 3. The maximum Gasteiger partial charge on any atom is 0.256 e. The van der Waals surface area contributed by atoms with Crippen molar-refractivity contribution in [2.24, 2.45) is 0 Å².